The Hall–Kier alpha value is -0.960. The maximum absolute atomic E-state index is 11.1. The van der Waals surface area contributed by atoms with Crippen molar-refractivity contribution in [3.8, 4) is 0 Å². The van der Waals surface area contributed by atoms with E-state index in [4.69, 9.17) is 5.11 Å². The summed E-state index contributed by atoms with van der Waals surface area (Å²) in [6.45, 7) is 4.09. The minimum absolute atomic E-state index is 0.427. The van der Waals surface area contributed by atoms with Gasteiger partial charge in [0.15, 0.2) is 0 Å². The molecule has 0 atom stereocenters. The molecule has 0 unspecified atom stereocenters. The molecule has 0 fully saturated rings. The molecule has 0 heterocycles. The van der Waals surface area contributed by atoms with E-state index in [0.29, 0.717) is 5.56 Å². The maximum Gasteiger partial charge on any atom is 0.335 e. The molecule has 0 aliphatic rings. The Morgan fingerprint density at radius 2 is 1.67 bits per heavy atom. The molecule has 0 bridgehead atoms. The number of aryl methyl sites for hydroxylation is 1. The first-order valence-electron chi connectivity index (χ1n) is 8.12. The van der Waals surface area contributed by atoms with Crippen LogP contribution in [0, 0.1) is 6.92 Å². The average molecular weight is 308 g/mol. The summed E-state index contributed by atoms with van der Waals surface area (Å²) in [7, 11) is 0. The SMILES string of the molecule is CCCCCCCCCCSc1ccc(C)c(C(=O)O)c1. The van der Waals surface area contributed by atoms with Crippen LogP contribution < -0.4 is 0 Å². The highest BCUT2D eigenvalue weighted by Crippen LogP contribution is 2.23. The number of unbranched alkanes of at least 4 members (excludes halogenated alkanes) is 7. The summed E-state index contributed by atoms with van der Waals surface area (Å²) in [6, 6.07) is 5.73. The van der Waals surface area contributed by atoms with Crippen LogP contribution in [0.4, 0.5) is 0 Å². The fourth-order valence-electron chi connectivity index (χ4n) is 2.35. The molecule has 1 aromatic rings. The van der Waals surface area contributed by atoms with Crippen molar-refractivity contribution in [2.45, 2.75) is 70.1 Å². The smallest absolute Gasteiger partial charge is 0.335 e. The number of thioether (sulfide) groups is 1. The normalized spacial score (nSPS) is 10.8. The summed E-state index contributed by atoms with van der Waals surface area (Å²) < 4.78 is 0. The van der Waals surface area contributed by atoms with Gasteiger partial charge in [-0.25, -0.2) is 4.79 Å². The molecule has 21 heavy (non-hydrogen) atoms. The molecule has 3 heteroatoms. The molecule has 0 aliphatic heterocycles. The van der Waals surface area contributed by atoms with Crippen molar-refractivity contribution >= 4 is 17.7 Å². The Morgan fingerprint density at radius 3 is 2.29 bits per heavy atom. The van der Waals surface area contributed by atoms with E-state index in [2.05, 4.69) is 6.92 Å². The van der Waals surface area contributed by atoms with Gasteiger partial charge in [-0.2, -0.15) is 0 Å². The Labute approximate surface area is 133 Å². The standard InChI is InChI=1S/C18H28O2S/c1-3-4-5-6-7-8-9-10-13-21-16-12-11-15(2)17(14-16)18(19)20/h11-12,14H,3-10,13H2,1-2H3,(H,19,20). The lowest BCUT2D eigenvalue weighted by Gasteiger charge is -2.06. The zero-order chi connectivity index (χ0) is 15.5. The van der Waals surface area contributed by atoms with Crippen LogP contribution in [0.3, 0.4) is 0 Å². The van der Waals surface area contributed by atoms with Crippen LogP contribution in [0.1, 0.15) is 74.2 Å². The Kier molecular flexibility index (Phi) is 9.24. The van der Waals surface area contributed by atoms with Gasteiger partial charge in [-0.3, -0.25) is 0 Å². The molecule has 0 amide bonds. The number of rotatable bonds is 11. The second-order valence-electron chi connectivity index (χ2n) is 5.61. The third kappa shape index (κ3) is 7.56. The van der Waals surface area contributed by atoms with E-state index >= 15 is 0 Å². The molecule has 0 saturated heterocycles. The first-order valence-corrected chi connectivity index (χ1v) is 9.10. The van der Waals surface area contributed by atoms with Crippen molar-refractivity contribution in [1.29, 1.82) is 0 Å². The van der Waals surface area contributed by atoms with Crippen LogP contribution in [0.25, 0.3) is 0 Å². The molecule has 118 valence electrons. The molecule has 0 aromatic heterocycles. The van der Waals surface area contributed by atoms with E-state index < -0.39 is 5.97 Å². The second kappa shape index (κ2) is 10.7. The summed E-state index contributed by atoms with van der Waals surface area (Å²) in [5, 5.41) is 9.11. The Bertz CT molecular complexity index is 429. The molecule has 1 aromatic carbocycles. The number of carbonyl (C=O) groups is 1. The van der Waals surface area contributed by atoms with Gasteiger partial charge in [0.25, 0.3) is 0 Å². The quantitative estimate of drug-likeness (QED) is 0.407. The van der Waals surface area contributed by atoms with Crippen LogP contribution in [-0.2, 0) is 0 Å². The van der Waals surface area contributed by atoms with Gasteiger partial charge in [-0.1, -0.05) is 57.9 Å². The van der Waals surface area contributed by atoms with Gasteiger partial charge < -0.3 is 5.11 Å². The first kappa shape index (κ1) is 18.1. The van der Waals surface area contributed by atoms with Crippen molar-refractivity contribution in [3.63, 3.8) is 0 Å². The summed E-state index contributed by atoms with van der Waals surface area (Å²) in [4.78, 5) is 12.2. The van der Waals surface area contributed by atoms with E-state index in [9.17, 15) is 4.79 Å². The minimum atomic E-state index is -0.831. The van der Waals surface area contributed by atoms with Crippen molar-refractivity contribution in [3.05, 3.63) is 29.3 Å². The molecule has 0 spiro atoms. The molecule has 0 saturated carbocycles. The predicted octanol–water partition coefficient (Wildman–Crippen LogP) is 5.93. The monoisotopic (exact) mass is 308 g/mol. The molecule has 2 nitrogen and oxygen atoms in total. The summed E-state index contributed by atoms with van der Waals surface area (Å²) >= 11 is 1.77. The lowest BCUT2D eigenvalue weighted by Crippen LogP contribution is -1.99. The fourth-order valence-corrected chi connectivity index (χ4v) is 3.30. The number of carboxylic acid groups (broad SMARTS) is 1. The number of aromatic carboxylic acids is 1. The van der Waals surface area contributed by atoms with E-state index in [1.54, 1.807) is 17.8 Å². The number of hydrogen-bond acceptors (Lipinski definition) is 2. The van der Waals surface area contributed by atoms with Gasteiger partial charge in [0.1, 0.15) is 0 Å². The zero-order valence-corrected chi connectivity index (χ0v) is 14.2. The second-order valence-corrected chi connectivity index (χ2v) is 6.77. The highest BCUT2D eigenvalue weighted by molar-refractivity contribution is 7.99. The lowest BCUT2D eigenvalue weighted by atomic mass is 10.1. The lowest BCUT2D eigenvalue weighted by molar-refractivity contribution is 0.0696. The largest absolute Gasteiger partial charge is 0.478 e. The van der Waals surface area contributed by atoms with Crippen LogP contribution >= 0.6 is 11.8 Å². The van der Waals surface area contributed by atoms with E-state index in [0.717, 1.165) is 16.2 Å². The average Bonchev–Trinajstić information content (AvgIpc) is 2.47. The highest BCUT2D eigenvalue weighted by Gasteiger charge is 2.07. The topological polar surface area (TPSA) is 37.3 Å². The van der Waals surface area contributed by atoms with Gasteiger partial charge in [0.05, 0.1) is 5.56 Å². The van der Waals surface area contributed by atoms with Gasteiger partial charge in [-0.05, 0) is 36.8 Å². The van der Waals surface area contributed by atoms with E-state index in [-0.39, 0.29) is 0 Å². The molecular formula is C18H28O2S. The molecule has 1 rings (SSSR count). The zero-order valence-electron chi connectivity index (χ0n) is 13.4. The van der Waals surface area contributed by atoms with E-state index in [1.807, 2.05) is 19.1 Å². The van der Waals surface area contributed by atoms with Gasteiger partial charge in [0.2, 0.25) is 0 Å². The third-order valence-electron chi connectivity index (χ3n) is 3.71. The van der Waals surface area contributed by atoms with Gasteiger partial charge in [-0.15, -0.1) is 11.8 Å². The summed E-state index contributed by atoms with van der Waals surface area (Å²) in [5.74, 6) is 0.249. The highest BCUT2D eigenvalue weighted by atomic mass is 32.2. The van der Waals surface area contributed by atoms with Crippen molar-refractivity contribution in [1.82, 2.24) is 0 Å². The number of benzene rings is 1. The Morgan fingerprint density at radius 1 is 1.05 bits per heavy atom. The molecular weight excluding hydrogens is 280 g/mol. The van der Waals surface area contributed by atoms with Crippen molar-refractivity contribution in [2.75, 3.05) is 5.75 Å². The number of hydrogen-bond donors (Lipinski definition) is 1. The third-order valence-corrected chi connectivity index (χ3v) is 4.79. The molecule has 1 N–H and O–H groups in total. The predicted molar refractivity (Wildman–Crippen MR) is 91.5 cm³/mol. The summed E-state index contributed by atoms with van der Waals surface area (Å²) in [6.07, 6.45) is 10.6. The van der Waals surface area contributed by atoms with Crippen LogP contribution in [-0.4, -0.2) is 16.8 Å². The van der Waals surface area contributed by atoms with Gasteiger partial charge in [0, 0.05) is 4.90 Å². The summed E-state index contributed by atoms with van der Waals surface area (Å²) in [5.41, 5.74) is 1.26. The van der Waals surface area contributed by atoms with Crippen LogP contribution in [0.2, 0.25) is 0 Å². The molecule has 0 aliphatic carbocycles. The van der Waals surface area contributed by atoms with Crippen LogP contribution in [0.15, 0.2) is 23.1 Å². The van der Waals surface area contributed by atoms with Crippen molar-refractivity contribution < 1.29 is 9.90 Å². The minimum Gasteiger partial charge on any atom is -0.478 e. The number of carboxylic acids is 1. The fraction of sp³-hybridized carbons (Fsp3) is 0.611. The van der Waals surface area contributed by atoms with E-state index in [1.165, 1.54) is 51.4 Å². The first-order chi connectivity index (χ1) is 10.1. The van der Waals surface area contributed by atoms with Gasteiger partial charge >= 0.3 is 5.97 Å². The van der Waals surface area contributed by atoms with Crippen LogP contribution in [0.5, 0.6) is 0 Å². The maximum atomic E-state index is 11.1. The molecule has 0 radical (unpaired) electrons. The van der Waals surface area contributed by atoms with Crippen molar-refractivity contribution in [2.24, 2.45) is 0 Å². The Balaban J connectivity index is 2.16.